The van der Waals surface area contributed by atoms with E-state index in [-0.39, 0.29) is 0 Å². The zero-order chi connectivity index (χ0) is 27.5. The average Bonchev–Trinajstić information content (AvgIpc) is 3.42. The number of anilines is 1. The van der Waals surface area contributed by atoms with Crippen molar-refractivity contribution in [3.63, 3.8) is 0 Å². The molecule has 8 heteroatoms. The van der Waals surface area contributed by atoms with Gasteiger partial charge in [0.15, 0.2) is 5.65 Å². The molecule has 198 valence electrons. The fourth-order valence-corrected chi connectivity index (χ4v) is 5.83. The van der Waals surface area contributed by atoms with Crippen molar-refractivity contribution in [2.24, 2.45) is 5.92 Å². The molecular weight excluding hydrogens is 519 g/mol. The molecule has 1 saturated carbocycles. The van der Waals surface area contributed by atoms with Crippen LogP contribution < -0.4 is 9.94 Å². The normalized spacial score (nSPS) is 13.2. The predicted octanol–water partition coefficient (Wildman–Crippen LogP) is 7.86. The van der Waals surface area contributed by atoms with E-state index in [1.165, 1.54) is 22.3 Å². The van der Waals surface area contributed by atoms with Gasteiger partial charge in [0, 0.05) is 60.9 Å². The number of nitrogens with one attached hydrogen (secondary N) is 3. The van der Waals surface area contributed by atoms with Crippen LogP contribution in [0.3, 0.4) is 0 Å². The summed E-state index contributed by atoms with van der Waals surface area (Å²) in [6.07, 6.45) is 11.8. The van der Waals surface area contributed by atoms with Crippen molar-refractivity contribution in [2.75, 3.05) is 5.32 Å². The topological polar surface area (TPSA) is 82.3 Å². The summed E-state index contributed by atoms with van der Waals surface area (Å²) in [6.45, 7) is 14.2. The summed E-state index contributed by atoms with van der Waals surface area (Å²) in [4.78, 5) is 13.8. The third-order valence-corrected chi connectivity index (χ3v) is 8.10. The highest BCUT2D eigenvalue weighted by Gasteiger charge is 2.24. The standard InChI is InChI=1S/C29H27N6PS.C2H6/c1-4-5-22(26-8-9-27(36)37-26)23-12-25(33-17(23)3)28-24-11-20(14-31-29(24)35-34-28)19-10-21(15-30-13-19)32-16(2)18-6-7-18;1-2/h4-5,8-15,18,32-33H,1-2,6-7,36H2,3H3,(H,31,34,35);1-2H3/b22-5+;. The Labute approximate surface area is 235 Å². The Morgan fingerprint density at radius 2 is 1.92 bits per heavy atom. The second-order valence-corrected chi connectivity index (χ2v) is 11.5. The molecule has 0 bridgehead atoms. The molecule has 0 aromatic carbocycles. The van der Waals surface area contributed by atoms with Gasteiger partial charge in [0.05, 0.1) is 23.3 Å². The minimum absolute atomic E-state index is 0.578. The number of fused-ring (bicyclic) bond motifs is 1. The molecule has 6 rings (SSSR count). The van der Waals surface area contributed by atoms with E-state index >= 15 is 0 Å². The number of H-pyrrole nitrogens is 2. The van der Waals surface area contributed by atoms with E-state index in [9.17, 15) is 0 Å². The number of pyridine rings is 2. The number of aryl methyl sites for hydroxylation is 1. The molecule has 0 spiro atoms. The zero-order valence-electron chi connectivity index (χ0n) is 22.5. The fourth-order valence-electron chi connectivity index (χ4n) is 4.54. The summed E-state index contributed by atoms with van der Waals surface area (Å²) < 4.78 is 1.20. The molecule has 1 unspecified atom stereocenters. The van der Waals surface area contributed by atoms with Crippen LogP contribution in [0, 0.1) is 12.8 Å². The lowest BCUT2D eigenvalue weighted by Gasteiger charge is -2.09. The van der Waals surface area contributed by atoms with Crippen molar-refractivity contribution >= 4 is 47.5 Å². The van der Waals surface area contributed by atoms with Gasteiger partial charge in [0.1, 0.15) is 0 Å². The summed E-state index contributed by atoms with van der Waals surface area (Å²) in [5.41, 5.74) is 9.84. The SMILES string of the molecule is C=C/C=C(/c1ccc(P)s1)c1cc(-c2[nH]nc3ncc(-c4cncc(NC(=C)C5CC5)c4)cc23)[nH]c1C.CC. The Hall–Kier alpha value is -3.80. The molecule has 3 N–H and O–H groups in total. The van der Waals surface area contributed by atoms with Gasteiger partial charge in [-0.05, 0) is 56.0 Å². The van der Waals surface area contributed by atoms with Gasteiger partial charge in [-0.2, -0.15) is 5.10 Å². The molecule has 5 heterocycles. The highest BCUT2D eigenvalue weighted by molar-refractivity contribution is 7.43. The van der Waals surface area contributed by atoms with Crippen molar-refractivity contribution in [1.29, 1.82) is 0 Å². The van der Waals surface area contributed by atoms with Crippen LogP contribution >= 0.6 is 20.6 Å². The molecule has 0 aliphatic heterocycles. The van der Waals surface area contributed by atoms with E-state index in [1.54, 1.807) is 11.3 Å². The Kier molecular flexibility index (Phi) is 7.92. The molecule has 1 atom stereocenters. The van der Waals surface area contributed by atoms with Crippen LogP contribution in [0.1, 0.15) is 42.8 Å². The monoisotopic (exact) mass is 552 g/mol. The van der Waals surface area contributed by atoms with E-state index in [0.717, 1.165) is 56.1 Å². The average molecular weight is 553 g/mol. The van der Waals surface area contributed by atoms with Crippen molar-refractivity contribution in [3.05, 3.63) is 96.1 Å². The molecule has 6 nitrogen and oxygen atoms in total. The maximum Gasteiger partial charge on any atom is 0.181 e. The highest BCUT2D eigenvalue weighted by Crippen LogP contribution is 2.37. The molecule has 1 aliphatic carbocycles. The number of aromatic amines is 2. The Balaban J connectivity index is 0.00000151. The van der Waals surface area contributed by atoms with E-state index in [4.69, 9.17) is 0 Å². The molecule has 0 saturated heterocycles. The predicted molar refractivity (Wildman–Crippen MR) is 169 cm³/mol. The van der Waals surface area contributed by atoms with Crippen molar-refractivity contribution in [3.8, 4) is 22.5 Å². The van der Waals surface area contributed by atoms with Gasteiger partial charge in [-0.1, -0.05) is 48.4 Å². The van der Waals surface area contributed by atoms with Crippen LogP contribution in [0.15, 0.2) is 79.9 Å². The quantitative estimate of drug-likeness (QED) is 0.135. The van der Waals surface area contributed by atoms with E-state index in [0.29, 0.717) is 11.6 Å². The first kappa shape index (κ1) is 26.8. The highest BCUT2D eigenvalue weighted by atomic mass is 32.1. The van der Waals surface area contributed by atoms with Crippen LogP contribution in [0.25, 0.3) is 39.1 Å². The first-order valence-electron chi connectivity index (χ1n) is 13.1. The third-order valence-electron chi connectivity index (χ3n) is 6.61. The summed E-state index contributed by atoms with van der Waals surface area (Å²) >= 11 is 1.74. The number of nitrogens with zero attached hydrogens (tertiary/aromatic N) is 3. The number of allylic oxidation sites excluding steroid dienone is 3. The Bertz CT molecular complexity index is 1680. The molecule has 5 aromatic heterocycles. The van der Waals surface area contributed by atoms with Gasteiger partial charge >= 0.3 is 0 Å². The first-order chi connectivity index (χ1) is 19.0. The molecule has 1 aliphatic rings. The van der Waals surface area contributed by atoms with Crippen LogP contribution in [0.2, 0.25) is 0 Å². The summed E-state index contributed by atoms with van der Waals surface area (Å²) in [6, 6.07) is 10.6. The van der Waals surface area contributed by atoms with Gasteiger partial charge in [0.25, 0.3) is 0 Å². The summed E-state index contributed by atoms with van der Waals surface area (Å²) in [5.74, 6) is 0.578. The lowest BCUT2D eigenvalue weighted by Crippen LogP contribution is -2.00. The summed E-state index contributed by atoms with van der Waals surface area (Å²) in [5, 5.41) is 12.0. The molecule has 39 heavy (non-hydrogen) atoms. The number of hydrogen-bond donors (Lipinski definition) is 3. The number of aromatic nitrogens is 5. The number of rotatable bonds is 8. The van der Waals surface area contributed by atoms with Gasteiger partial charge in [-0.3, -0.25) is 10.1 Å². The lowest BCUT2D eigenvalue weighted by molar-refractivity contribution is 1.02. The Morgan fingerprint density at radius 1 is 1.13 bits per heavy atom. The second kappa shape index (κ2) is 11.5. The van der Waals surface area contributed by atoms with Crippen LogP contribution in [0.4, 0.5) is 5.69 Å². The van der Waals surface area contributed by atoms with Crippen LogP contribution in [-0.4, -0.2) is 25.1 Å². The maximum atomic E-state index is 4.63. The first-order valence-corrected chi connectivity index (χ1v) is 14.5. The maximum absolute atomic E-state index is 4.63. The molecule has 0 radical (unpaired) electrons. The summed E-state index contributed by atoms with van der Waals surface area (Å²) in [7, 11) is 2.77. The lowest BCUT2D eigenvalue weighted by atomic mass is 10.0. The zero-order valence-corrected chi connectivity index (χ0v) is 24.5. The van der Waals surface area contributed by atoms with Gasteiger partial charge in [-0.15, -0.1) is 11.3 Å². The van der Waals surface area contributed by atoms with Crippen molar-refractivity contribution in [1.82, 2.24) is 25.1 Å². The Morgan fingerprint density at radius 3 is 2.64 bits per heavy atom. The van der Waals surface area contributed by atoms with Crippen molar-refractivity contribution < 1.29 is 0 Å². The van der Waals surface area contributed by atoms with E-state index in [2.05, 4.69) is 96.2 Å². The smallest absolute Gasteiger partial charge is 0.181 e. The largest absolute Gasteiger partial charge is 0.358 e. The molecule has 1 fully saturated rings. The fraction of sp³-hybridized carbons (Fsp3) is 0.194. The van der Waals surface area contributed by atoms with Crippen molar-refractivity contribution in [2.45, 2.75) is 33.6 Å². The van der Waals surface area contributed by atoms with Crippen LogP contribution in [-0.2, 0) is 0 Å². The minimum Gasteiger partial charge on any atom is -0.358 e. The third kappa shape index (κ3) is 5.65. The molecule has 5 aromatic rings. The van der Waals surface area contributed by atoms with Crippen LogP contribution in [0.5, 0.6) is 0 Å². The molecular formula is C31H33N6PS. The van der Waals surface area contributed by atoms with E-state index in [1.807, 2.05) is 38.5 Å². The second-order valence-electron chi connectivity index (χ2n) is 9.32. The molecule has 0 amide bonds. The number of hydrogen-bond acceptors (Lipinski definition) is 5. The van der Waals surface area contributed by atoms with Gasteiger partial charge in [0.2, 0.25) is 0 Å². The van der Waals surface area contributed by atoms with Gasteiger partial charge < -0.3 is 10.3 Å². The van der Waals surface area contributed by atoms with Gasteiger partial charge in [-0.25, -0.2) is 4.98 Å². The van der Waals surface area contributed by atoms with E-state index < -0.39 is 0 Å². The number of thiophene rings is 1. The minimum atomic E-state index is 0.578.